The molecule has 0 atom stereocenters. The number of nitrogens with one attached hydrogen (secondary N) is 1. The van der Waals surface area contributed by atoms with E-state index in [1.165, 1.54) is 35.6 Å². The molecule has 0 bridgehead atoms. The van der Waals surface area contributed by atoms with E-state index in [1.54, 1.807) is 7.11 Å². The topological polar surface area (TPSA) is 34.1 Å². The Hall–Kier alpha value is -0.450. The fourth-order valence-corrected chi connectivity index (χ4v) is 3.43. The van der Waals surface area contributed by atoms with Gasteiger partial charge < -0.3 is 10.1 Å². The van der Waals surface area contributed by atoms with Gasteiger partial charge in [-0.25, -0.2) is 4.98 Å². The maximum Gasteiger partial charge on any atom is 0.0958 e. The third-order valence-electron chi connectivity index (χ3n) is 3.48. The molecule has 102 valence electrons. The van der Waals surface area contributed by atoms with E-state index in [0.717, 1.165) is 12.2 Å². The molecule has 0 unspecified atom stereocenters. The van der Waals surface area contributed by atoms with Crippen LogP contribution < -0.4 is 5.32 Å². The van der Waals surface area contributed by atoms with Crippen LogP contribution in [0.5, 0.6) is 0 Å². The van der Waals surface area contributed by atoms with Crippen molar-refractivity contribution in [2.75, 3.05) is 7.11 Å². The molecule has 1 saturated carbocycles. The third kappa shape index (κ3) is 3.53. The highest BCUT2D eigenvalue weighted by molar-refractivity contribution is 7.11. The number of hydrogen-bond acceptors (Lipinski definition) is 4. The molecule has 0 amide bonds. The first kappa shape index (κ1) is 14.0. The number of rotatable bonds is 6. The van der Waals surface area contributed by atoms with Crippen LogP contribution in [-0.2, 0) is 17.9 Å². The van der Waals surface area contributed by atoms with Gasteiger partial charge in [0.15, 0.2) is 0 Å². The molecule has 1 aromatic rings. The summed E-state index contributed by atoms with van der Waals surface area (Å²) in [7, 11) is 1.74. The smallest absolute Gasteiger partial charge is 0.0958 e. The highest BCUT2D eigenvalue weighted by atomic mass is 32.1. The number of nitrogens with zero attached hydrogens (tertiary/aromatic N) is 1. The molecule has 1 N–H and O–H groups in total. The van der Waals surface area contributed by atoms with Crippen LogP contribution in [0, 0.1) is 0 Å². The van der Waals surface area contributed by atoms with Gasteiger partial charge in [-0.15, -0.1) is 11.3 Å². The van der Waals surface area contributed by atoms with E-state index in [9.17, 15) is 0 Å². The van der Waals surface area contributed by atoms with Crippen LogP contribution in [0.3, 0.4) is 0 Å². The van der Waals surface area contributed by atoms with E-state index in [0.29, 0.717) is 18.6 Å². The first-order valence-corrected chi connectivity index (χ1v) is 7.73. The Morgan fingerprint density at radius 3 is 2.72 bits per heavy atom. The average molecular weight is 268 g/mol. The van der Waals surface area contributed by atoms with Gasteiger partial charge in [-0.2, -0.15) is 0 Å². The van der Waals surface area contributed by atoms with Gasteiger partial charge in [0.05, 0.1) is 17.3 Å². The predicted octanol–water partition coefficient (Wildman–Crippen LogP) is 3.45. The quantitative estimate of drug-likeness (QED) is 0.858. The summed E-state index contributed by atoms with van der Waals surface area (Å²) < 4.78 is 5.25. The normalized spacial score (nSPS) is 16.9. The number of hydrogen-bond donors (Lipinski definition) is 1. The van der Waals surface area contributed by atoms with Crippen LogP contribution in [0.1, 0.15) is 61.0 Å². The summed E-state index contributed by atoms with van der Waals surface area (Å²) in [5.74, 6) is 0.505. The molecular formula is C14H24N2OS. The summed E-state index contributed by atoms with van der Waals surface area (Å²) in [5, 5.41) is 4.89. The number of methoxy groups -OCH3 is 1. The second-order valence-corrected chi connectivity index (χ2v) is 6.49. The van der Waals surface area contributed by atoms with Crippen molar-refractivity contribution in [2.24, 2.45) is 0 Å². The number of aromatic nitrogens is 1. The molecule has 0 saturated heterocycles. The molecule has 1 aliphatic carbocycles. The van der Waals surface area contributed by atoms with Crippen molar-refractivity contribution in [3.05, 3.63) is 15.6 Å². The van der Waals surface area contributed by atoms with Crippen molar-refractivity contribution in [1.82, 2.24) is 10.3 Å². The first-order valence-electron chi connectivity index (χ1n) is 6.91. The standard InChI is InChI=1S/C14H24N2OS/c1-10(2)14-16-12(9-17-3)13(18-14)8-15-11-6-4-5-7-11/h10-11,15H,4-9H2,1-3H3. The second kappa shape index (κ2) is 6.64. The number of thiazole rings is 1. The molecule has 3 nitrogen and oxygen atoms in total. The Kier molecular flexibility index (Phi) is 5.15. The van der Waals surface area contributed by atoms with Crippen LogP contribution in [-0.4, -0.2) is 18.1 Å². The molecule has 0 aromatic carbocycles. The maximum atomic E-state index is 5.25. The van der Waals surface area contributed by atoms with Gasteiger partial charge in [-0.05, 0) is 12.8 Å². The van der Waals surface area contributed by atoms with Crippen LogP contribution in [0.2, 0.25) is 0 Å². The minimum Gasteiger partial charge on any atom is -0.378 e. The molecule has 1 aliphatic rings. The molecule has 1 aromatic heterocycles. The van der Waals surface area contributed by atoms with Gasteiger partial charge in [0.2, 0.25) is 0 Å². The Balaban J connectivity index is 1.99. The highest BCUT2D eigenvalue weighted by Crippen LogP contribution is 2.26. The Morgan fingerprint density at radius 1 is 1.39 bits per heavy atom. The zero-order chi connectivity index (χ0) is 13.0. The van der Waals surface area contributed by atoms with Gasteiger partial charge >= 0.3 is 0 Å². The van der Waals surface area contributed by atoms with E-state index < -0.39 is 0 Å². The zero-order valence-electron chi connectivity index (χ0n) is 11.7. The van der Waals surface area contributed by atoms with Gasteiger partial charge in [0, 0.05) is 30.5 Å². The molecule has 1 heterocycles. The van der Waals surface area contributed by atoms with Crippen molar-refractivity contribution in [1.29, 1.82) is 0 Å². The molecule has 0 spiro atoms. The van der Waals surface area contributed by atoms with E-state index in [2.05, 4.69) is 19.2 Å². The van der Waals surface area contributed by atoms with Crippen molar-refractivity contribution in [3.63, 3.8) is 0 Å². The molecule has 4 heteroatoms. The largest absolute Gasteiger partial charge is 0.378 e. The van der Waals surface area contributed by atoms with Crippen LogP contribution in [0.25, 0.3) is 0 Å². The summed E-state index contributed by atoms with van der Waals surface area (Å²) in [4.78, 5) is 6.05. The van der Waals surface area contributed by atoms with Crippen molar-refractivity contribution in [2.45, 2.75) is 64.6 Å². The van der Waals surface area contributed by atoms with Crippen molar-refractivity contribution >= 4 is 11.3 Å². The fraction of sp³-hybridized carbons (Fsp3) is 0.786. The van der Waals surface area contributed by atoms with E-state index >= 15 is 0 Å². The fourth-order valence-electron chi connectivity index (χ4n) is 2.40. The van der Waals surface area contributed by atoms with Crippen LogP contribution >= 0.6 is 11.3 Å². The minimum atomic E-state index is 0.505. The van der Waals surface area contributed by atoms with Gasteiger partial charge in [0.1, 0.15) is 0 Å². The molecule has 0 radical (unpaired) electrons. The minimum absolute atomic E-state index is 0.505. The number of ether oxygens (including phenoxy) is 1. The lowest BCUT2D eigenvalue weighted by molar-refractivity contribution is 0.181. The Labute approximate surface area is 114 Å². The lowest BCUT2D eigenvalue weighted by Crippen LogP contribution is -2.25. The lowest BCUT2D eigenvalue weighted by Gasteiger charge is -2.11. The van der Waals surface area contributed by atoms with Gasteiger partial charge in [0.25, 0.3) is 0 Å². The van der Waals surface area contributed by atoms with Crippen LogP contribution in [0.4, 0.5) is 0 Å². The van der Waals surface area contributed by atoms with Crippen molar-refractivity contribution < 1.29 is 4.74 Å². The summed E-state index contributed by atoms with van der Waals surface area (Å²) in [6, 6.07) is 0.713. The Morgan fingerprint density at radius 2 is 2.11 bits per heavy atom. The summed E-state index contributed by atoms with van der Waals surface area (Å²) in [6.07, 6.45) is 5.41. The third-order valence-corrected chi connectivity index (χ3v) is 4.87. The lowest BCUT2D eigenvalue weighted by atomic mass is 10.2. The second-order valence-electron chi connectivity index (χ2n) is 5.37. The molecule has 2 rings (SSSR count). The summed E-state index contributed by atoms with van der Waals surface area (Å²) >= 11 is 1.84. The predicted molar refractivity (Wildman–Crippen MR) is 76.0 cm³/mol. The van der Waals surface area contributed by atoms with E-state index in [4.69, 9.17) is 9.72 Å². The van der Waals surface area contributed by atoms with Crippen LogP contribution in [0.15, 0.2) is 0 Å². The SMILES string of the molecule is COCc1nc(C(C)C)sc1CNC1CCCC1. The molecule has 18 heavy (non-hydrogen) atoms. The van der Waals surface area contributed by atoms with Gasteiger partial charge in [-0.1, -0.05) is 26.7 Å². The summed E-state index contributed by atoms with van der Waals surface area (Å²) in [6.45, 7) is 5.98. The first-order chi connectivity index (χ1) is 8.70. The maximum absolute atomic E-state index is 5.25. The molecular weight excluding hydrogens is 244 g/mol. The molecule has 1 fully saturated rings. The monoisotopic (exact) mass is 268 g/mol. The molecule has 0 aliphatic heterocycles. The van der Waals surface area contributed by atoms with E-state index in [1.807, 2.05) is 11.3 Å². The highest BCUT2D eigenvalue weighted by Gasteiger charge is 2.17. The Bertz CT molecular complexity index is 370. The van der Waals surface area contributed by atoms with E-state index in [-0.39, 0.29) is 0 Å². The average Bonchev–Trinajstić information content (AvgIpc) is 2.95. The van der Waals surface area contributed by atoms with Crippen molar-refractivity contribution in [3.8, 4) is 0 Å². The van der Waals surface area contributed by atoms with Gasteiger partial charge in [-0.3, -0.25) is 0 Å². The summed E-state index contributed by atoms with van der Waals surface area (Å²) in [5.41, 5.74) is 1.12. The zero-order valence-corrected chi connectivity index (χ0v) is 12.5.